The van der Waals surface area contributed by atoms with Crippen LogP contribution in [0.3, 0.4) is 0 Å². The van der Waals surface area contributed by atoms with Crippen LogP contribution in [0.15, 0.2) is 24.3 Å². The van der Waals surface area contributed by atoms with E-state index < -0.39 is 12.4 Å². The lowest BCUT2D eigenvalue weighted by Gasteiger charge is -2.21. The molecule has 120 valence electrons. The lowest BCUT2D eigenvalue weighted by atomic mass is 10.0. The molecule has 1 aliphatic heterocycles. The van der Waals surface area contributed by atoms with Crippen LogP contribution in [0.2, 0.25) is 0 Å². The van der Waals surface area contributed by atoms with Crippen molar-refractivity contribution in [1.29, 1.82) is 0 Å². The average molecular weight is 308 g/mol. The number of carbonyl (C=O) groups excluding carboxylic acids is 1. The predicted octanol–water partition coefficient (Wildman–Crippen LogP) is 1.49. The molecule has 1 heterocycles. The van der Waals surface area contributed by atoms with Crippen molar-refractivity contribution in [3.63, 3.8) is 0 Å². The molecule has 0 radical (unpaired) electrons. The molecule has 1 aliphatic rings. The minimum atomic E-state index is -1.03. The summed E-state index contributed by atoms with van der Waals surface area (Å²) >= 11 is 0. The van der Waals surface area contributed by atoms with Gasteiger partial charge in [-0.1, -0.05) is 0 Å². The van der Waals surface area contributed by atoms with Gasteiger partial charge in [0.2, 0.25) is 5.75 Å². The molecule has 1 aromatic rings. The predicted molar refractivity (Wildman–Crippen MR) is 79.4 cm³/mol. The molecule has 6 heteroatoms. The fourth-order valence-electron chi connectivity index (χ4n) is 2.35. The van der Waals surface area contributed by atoms with Crippen molar-refractivity contribution in [3.8, 4) is 17.2 Å². The van der Waals surface area contributed by atoms with Crippen LogP contribution >= 0.6 is 0 Å². The summed E-state index contributed by atoms with van der Waals surface area (Å²) in [6.07, 6.45) is 2.06. The smallest absolute Gasteiger partial charge is 0.203 e. The number of benzene rings is 1. The molecule has 0 fully saturated rings. The van der Waals surface area contributed by atoms with Crippen molar-refractivity contribution in [3.05, 3.63) is 29.8 Å². The number of rotatable bonds is 6. The van der Waals surface area contributed by atoms with Gasteiger partial charge in [-0.25, -0.2) is 0 Å². The van der Waals surface area contributed by atoms with E-state index in [0.29, 0.717) is 30.1 Å². The van der Waals surface area contributed by atoms with Crippen LogP contribution in [0.25, 0.3) is 0 Å². The molecule has 2 rings (SSSR count). The van der Waals surface area contributed by atoms with Crippen molar-refractivity contribution in [2.24, 2.45) is 0 Å². The Morgan fingerprint density at radius 2 is 1.77 bits per heavy atom. The van der Waals surface area contributed by atoms with Crippen LogP contribution in [0.4, 0.5) is 0 Å². The maximum absolute atomic E-state index is 11.7. The van der Waals surface area contributed by atoms with E-state index in [1.54, 1.807) is 21.3 Å². The molecule has 0 aromatic heterocycles. The largest absolute Gasteiger partial charge is 0.493 e. The third kappa shape index (κ3) is 3.58. The number of methoxy groups -OCH3 is 3. The van der Waals surface area contributed by atoms with Gasteiger partial charge in [-0.2, -0.15) is 0 Å². The molecule has 2 atom stereocenters. The summed E-state index contributed by atoms with van der Waals surface area (Å²) in [6, 6.07) is 3.67. The van der Waals surface area contributed by atoms with Gasteiger partial charge in [0.05, 0.1) is 21.3 Å². The number of hydrogen-bond donors (Lipinski definition) is 1. The van der Waals surface area contributed by atoms with E-state index in [0.717, 1.165) is 5.56 Å². The Hall–Kier alpha value is -2.05. The Bertz CT molecular complexity index is 541. The van der Waals surface area contributed by atoms with Crippen molar-refractivity contribution >= 4 is 5.78 Å². The highest BCUT2D eigenvalue weighted by molar-refractivity contribution is 5.94. The number of aliphatic hydroxyl groups excluding tert-OH is 1. The third-order valence-corrected chi connectivity index (χ3v) is 3.47. The first-order chi connectivity index (χ1) is 10.6. The summed E-state index contributed by atoms with van der Waals surface area (Å²) in [5, 5.41) is 9.41. The van der Waals surface area contributed by atoms with Gasteiger partial charge in [-0.3, -0.25) is 4.79 Å². The van der Waals surface area contributed by atoms with Gasteiger partial charge in [0.1, 0.15) is 6.10 Å². The average Bonchev–Trinajstić information content (AvgIpc) is 2.54. The fraction of sp³-hybridized carbons (Fsp3) is 0.438. The molecule has 0 saturated carbocycles. The van der Waals surface area contributed by atoms with Gasteiger partial charge in [0.15, 0.2) is 23.6 Å². The molecule has 0 amide bonds. The van der Waals surface area contributed by atoms with Crippen LogP contribution in [0.5, 0.6) is 17.2 Å². The minimum Gasteiger partial charge on any atom is -0.493 e. The molecule has 0 saturated heterocycles. The number of ketones is 1. The lowest BCUT2D eigenvalue weighted by Crippen LogP contribution is -2.31. The number of carbonyl (C=O) groups is 1. The Labute approximate surface area is 129 Å². The first-order valence-corrected chi connectivity index (χ1v) is 6.93. The zero-order chi connectivity index (χ0) is 16.1. The molecule has 0 aliphatic carbocycles. The second kappa shape index (κ2) is 7.29. The number of ether oxygens (including phenoxy) is 4. The third-order valence-electron chi connectivity index (χ3n) is 3.47. The maximum Gasteiger partial charge on any atom is 0.203 e. The summed E-state index contributed by atoms with van der Waals surface area (Å²) in [4.78, 5) is 11.7. The highest BCUT2D eigenvalue weighted by Gasteiger charge is 2.24. The van der Waals surface area contributed by atoms with Crippen molar-refractivity contribution in [2.45, 2.75) is 25.2 Å². The fourth-order valence-corrected chi connectivity index (χ4v) is 2.35. The molecular formula is C16H20O6. The minimum absolute atomic E-state index is 0.141. The van der Waals surface area contributed by atoms with Gasteiger partial charge < -0.3 is 24.1 Å². The van der Waals surface area contributed by atoms with E-state index in [1.165, 1.54) is 12.2 Å². The monoisotopic (exact) mass is 308 g/mol. The standard InChI is InChI=1S/C16H20O6/c1-19-13-8-10(9-14(20-2)16(13)21-3)4-6-12-11(17)5-7-15(18)22-12/h5,7-9,12,15,18H,4,6H2,1-3H3. The number of aliphatic hydroxyl groups is 1. The summed E-state index contributed by atoms with van der Waals surface area (Å²) < 4.78 is 21.1. The molecule has 22 heavy (non-hydrogen) atoms. The number of aryl methyl sites for hydroxylation is 1. The highest BCUT2D eigenvalue weighted by Crippen LogP contribution is 2.38. The zero-order valence-corrected chi connectivity index (χ0v) is 12.9. The van der Waals surface area contributed by atoms with E-state index in [9.17, 15) is 9.90 Å². The quantitative estimate of drug-likeness (QED) is 0.858. The van der Waals surface area contributed by atoms with Crippen molar-refractivity contribution in [1.82, 2.24) is 0 Å². The second-order valence-electron chi connectivity index (χ2n) is 4.85. The summed E-state index contributed by atoms with van der Waals surface area (Å²) in [6.45, 7) is 0. The van der Waals surface area contributed by atoms with Crippen LogP contribution < -0.4 is 14.2 Å². The van der Waals surface area contributed by atoms with Crippen LogP contribution in [-0.4, -0.2) is 44.6 Å². The second-order valence-corrected chi connectivity index (χ2v) is 4.85. The summed E-state index contributed by atoms with van der Waals surface area (Å²) in [5.41, 5.74) is 0.926. The van der Waals surface area contributed by atoms with Gasteiger partial charge in [0.25, 0.3) is 0 Å². The van der Waals surface area contributed by atoms with E-state index in [2.05, 4.69) is 0 Å². The molecular weight excluding hydrogens is 288 g/mol. The van der Waals surface area contributed by atoms with E-state index in [4.69, 9.17) is 18.9 Å². The Kier molecular flexibility index (Phi) is 5.41. The Morgan fingerprint density at radius 3 is 2.32 bits per heavy atom. The topological polar surface area (TPSA) is 74.2 Å². The van der Waals surface area contributed by atoms with E-state index in [-0.39, 0.29) is 5.78 Å². The Balaban J connectivity index is 2.13. The van der Waals surface area contributed by atoms with Crippen LogP contribution in [0, 0.1) is 0 Å². The van der Waals surface area contributed by atoms with Gasteiger partial charge in [0, 0.05) is 0 Å². The summed E-state index contributed by atoms with van der Waals surface area (Å²) in [5.74, 6) is 1.51. The normalized spacial score (nSPS) is 20.8. The van der Waals surface area contributed by atoms with Gasteiger partial charge in [-0.15, -0.1) is 0 Å². The summed E-state index contributed by atoms with van der Waals surface area (Å²) in [7, 11) is 4.65. The van der Waals surface area contributed by atoms with Crippen LogP contribution in [0.1, 0.15) is 12.0 Å². The Morgan fingerprint density at radius 1 is 1.14 bits per heavy atom. The molecule has 0 spiro atoms. The van der Waals surface area contributed by atoms with Crippen molar-refractivity contribution in [2.75, 3.05) is 21.3 Å². The van der Waals surface area contributed by atoms with Crippen molar-refractivity contribution < 1.29 is 28.8 Å². The molecule has 2 unspecified atom stereocenters. The molecule has 6 nitrogen and oxygen atoms in total. The van der Waals surface area contributed by atoms with Crippen LogP contribution in [-0.2, 0) is 16.0 Å². The zero-order valence-electron chi connectivity index (χ0n) is 12.9. The molecule has 1 aromatic carbocycles. The maximum atomic E-state index is 11.7. The van der Waals surface area contributed by atoms with E-state index in [1.807, 2.05) is 12.1 Å². The van der Waals surface area contributed by atoms with Gasteiger partial charge in [-0.05, 0) is 42.7 Å². The first-order valence-electron chi connectivity index (χ1n) is 6.93. The van der Waals surface area contributed by atoms with Gasteiger partial charge >= 0.3 is 0 Å². The molecule has 1 N–H and O–H groups in total. The highest BCUT2D eigenvalue weighted by atomic mass is 16.6. The first kappa shape index (κ1) is 16.3. The SMILES string of the molecule is COc1cc(CCC2OC(O)C=CC2=O)cc(OC)c1OC. The lowest BCUT2D eigenvalue weighted by molar-refractivity contribution is -0.148. The van der Waals surface area contributed by atoms with E-state index >= 15 is 0 Å². The number of hydrogen-bond acceptors (Lipinski definition) is 6. The molecule has 0 bridgehead atoms.